The van der Waals surface area contributed by atoms with Crippen molar-refractivity contribution in [2.24, 2.45) is 0 Å². The number of carbonyl (C=O) groups excluding carboxylic acids is 2. The molecule has 2 rings (SSSR count). The lowest BCUT2D eigenvalue weighted by molar-refractivity contribution is -0.140. The number of esters is 2. The Morgan fingerprint density at radius 2 is 1.87 bits per heavy atom. The summed E-state index contributed by atoms with van der Waals surface area (Å²) in [6, 6.07) is 0.987. The van der Waals surface area contributed by atoms with Crippen molar-refractivity contribution >= 4 is 20.0 Å². The van der Waals surface area contributed by atoms with Crippen LogP contribution in [0.4, 0.5) is 0 Å². The zero-order chi connectivity index (χ0) is 22.5. The largest absolute Gasteiger partial charge is 0.496 e. The summed E-state index contributed by atoms with van der Waals surface area (Å²) < 4.78 is 22.0. The molecule has 0 unspecified atom stereocenters. The summed E-state index contributed by atoms with van der Waals surface area (Å²) in [5.41, 5.74) is 4.19. The third kappa shape index (κ3) is 5.87. The number of carbonyl (C=O) groups is 2. The number of hydrogen-bond acceptors (Lipinski definition) is 6. The van der Waals surface area contributed by atoms with Crippen LogP contribution in [0.2, 0.25) is 25.7 Å². The smallest absolute Gasteiger partial charge is 0.342 e. The predicted octanol–water partition coefficient (Wildman–Crippen LogP) is 4.83. The van der Waals surface area contributed by atoms with E-state index in [1.54, 1.807) is 7.11 Å². The van der Waals surface area contributed by atoms with E-state index in [0.717, 1.165) is 34.1 Å². The second-order valence-corrected chi connectivity index (χ2v) is 14.5. The molecule has 1 aliphatic heterocycles. The highest BCUT2D eigenvalue weighted by atomic mass is 28.3. The van der Waals surface area contributed by atoms with E-state index in [-0.39, 0.29) is 18.5 Å². The first-order chi connectivity index (χ1) is 14.1. The first-order valence-electron chi connectivity index (χ1n) is 10.3. The number of benzene rings is 1. The van der Waals surface area contributed by atoms with E-state index in [1.165, 1.54) is 7.11 Å². The van der Waals surface area contributed by atoms with Gasteiger partial charge in [0.05, 0.1) is 20.8 Å². The lowest BCUT2D eigenvalue weighted by atomic mass is 9.94. The second kappa shape index (κ2) is 10.2. The van der Waals surface area contributed by atoms with Crippen LogP contribution in [0.3, 0.4) is 0 Å². The van der Waals surface area contributed by atoms with Crippen molar-refractivity contribution in [3.05, 3.63) is 33.9 Å². The van der Waals surface area contributed by atoms with Crippen LogP contribution < -0.4 is 9.47 Å². The fraction of sp³-hybridized carbons (Fsp3) is 0.565. The summed E-state index contributed by atoms with van der Waals surface area (Å²) >= 11 is 0. The van der Waals surface area contributed by atoms with Gasteiger partial charge >= 0.3 is 11.9 Å². The third-order valence-electron chi connectivity index (χ3n) is 5.33. The van der Waals surface area contributed by atoms with Gasteiger partial charge in [0.2, 0.25) is 0 Å². The number of ether oxygens (including phenoxy) is 4. The molecule has 0 saturated carbocycles. The molecule has 7 heteroatoms. The lowest BCUT2D eigenvalue weighted by Crippen LogP contribution is -2.23. The van der Waals surface area contributed by atoms with Gasteiger partial charge < -0.3 is 18.9 Å². The highest BCUT2D eigenvalue weighted by Gasteiger charge is 2.33. The molecule has 1 aromatic rings. The molecule has 1 aliphatic rings. The van der Waals surface area contributed by atoms with E-state index < -0.39 is 8.07 Å². The highest BCUT2D eigenvalue weighted by Crippen LogP contribution is 2.43. The molecule has 0 bridgehead atoms. The van der Waals surface area contributed by atoms with Crippen LogP contribution in [0.25, 0.3) is 0 Å². The van der Waals surface area contributed by atoms with E-state index in [2.05, 4.69) is 25.7 Å². The van der Waals surface area contributed by atoms with Gasteiger partial charge in [0.15, 0.2) is 0 Å². The van der Waals surface area contributed by atoms with Crippen molar-refractivity contribution in [3.63, 3.8) is 0 Å². The minimum absolute atomic E-state index is 0.230. The quantitative estimate of drug-likeness (QED) is 0.298. The molecular formula is C23H34O6Si. The minimum Gasteiger partial charge on any atom is -0.496 e. The van der Waals surface area contributed by atoms with E-state index in [1.807, 2.05) is 13.8 Å². The predicted molar refractivity (Wildman–Crippen MR) is 119 cm³/mol. The van der Waals surface area contributed by atoms with Gasteiger partial charge in [0.1, 0.15) is 23.7 Å². The number of methoxy groups -OCH3 is 2. The van der Waals surface area contributed by atoms with Gasteiger partial charge in [0.25, 0.3) is 0 Å². The number of rotatable bonds is 10. The van der Waals surface area contributed by atoms with E-state index in [4.69, 9.17) is 18.9 Å². The lowest BCUT2D eigenvalue weighted by Gasteiger charge is -2.21. The van der Waals surface area contributed by atoms with Gasteiger partial charge in [-0.05, 0) is 38.3 Å². The Morgan fingerprint density at radius 3 is 2.47 bits per heavy atom. The Bertz CT molecular complexity index is 835. The molecule has 1 aromatic carbocycles. The Hall–Kier alpha value is -2.28. The van der Waals surface area contributed by atoms with Crippen LogP contribution in [-0.2, 0) is 27.3 Å². The standard InChI is InChI=1S/C23H34O6Si/c1-15(9-11-19(24)26-3)8-10-17-21(27-4)16(2)18-14-29-23(25)20(18)22(17)28-12-13-30(5,6)7/h8H,9-14H2,1-7H3/b15-8+. The zero-order valence-electron chi connectivity index (χ0n) is 19.3. The fourth-order valence-electron chi connectivity index (χ4n) is 3.41. The van der Waals surface area contributed by atoms with E-state index in [9.17, 15) is 9.59 Å². The summed E-state index contributed by atoms with van der Waals surface area (Å²) in [7, 11) is 1.73. The Kier molecular flexibility index (Phi) is 8.12. The maximum absolute atomic E-state index is 12.5. The monoisotopic (exact) mass is 434 g/mol. The van der Waals surface area contributed by atoms with Gasteiger partial charge in [-0.15, -0.1) is 0 Å². The molecule has 0 radical (unpaired) electrons. The van der Waals surface area contributed by atoms with Crippen LogP contribution >= 0.6 is 0 Å². The average molecular weight is 435 g/mol. The van der Waals surface area contributed by atoms with Crippen molar-refractivity contribution in [2.45, 2.75) is 65.4 Å². The summed E-state index contributed by atoms with van der Waals surface area (Å²) in [6.07, 6.45) is 3.55. The summed E-state index contributed by atoms with van der Waals surface area (Å²) in [6.45, 7) is 11.6. The average Bonchev–Trinajstić information content (AvgIpc) is 3.07. The molecule has 0 amide bonds. The highest BCUT2D eigenvalue weighted by molar-refractivity contribution is 6.76. The van der Waals surface area contributed by atoms with Gasteiger partial charge in [-0.2, -0.15) is 0 Å². The molecule has 0 spiro atoms. The van der Waals surface area contributed by atoms with Crippen LogP contribution in [0.1, 0.15) is 46.8 Å². The molecule has 6 nitrogen and oxygen atoms in total. The molecule has 30 heavy (non-hydrogen) atoms. The Balaban J connectivity index is 2.40. The summed E-state index contributed by atoms with van der Waals surface area (Å²) in [5, 5.41) is 0. The molecule has 0 fully saturated rings. The van der Waals surface area contributed by atoms with Crippen LogP contribution in [-0.4, -0.2) is 40.8 Å². The van der Waals surface area contributed by atoms with E-state index >= 15 is 0 Å². The van der Waals surface area contributed by atoms with Crippen molar-refractivity contribution in [2.75, 3.05) is 20.8 Å². The molecular weight excluding hydrogens is 400 g/mol. The maximum Gasteiger partial charge on any atom is 0.342 e. The molecule has 0 saturated heterocycles. The molecule has 0 aromatic heterocycles. The van der Waals surface area contributed by atoms with Crippen LogP contribution in [0, 0.1) is 6.92 Å². The molecule has 1 heterocycles. The third-order valence-corrected chi connectivity index (χ3v) is 7.03. The van der Waals surface area contributed by atoms with Crippen molar-refractivity contribution in [3.8, 4) is 11.5 Å². The number of hydrogen-bond donors (Lipinski definition) is 0. The SMILES string of the molecule is COC(=O)CC/C(C)=C/Cc1c(OC)c(C)c2c(c1OCC[Si](C)(C)C)C(=O)OC2. The second-order valence-electron chi connectivity index (χ2n) is 8.89. The molecule has 166 valence electrons. The van der Waals surface area contributed by atoms with Crippen molar-refractivity contribution < 1.29 is 28.5 Å². The number of cyclic esters (lactones) is 1. The van der Waals surface area contributed by atoms with Crippen LogP contribution in [0.5, 0.6) is 11.5 Å². The van der Waals surface area contributed by atoms with Gasteiger partial charge in [0, 0.05) is 25.6 Å². The fourth-order valence-corrected chi connectivity index (χ4v) is 4.12. The zero-order valence-corrected chi connectivity index (χ0v) is 20.3. The van der Waals surface area contributed by atoms with E-state index in [0.29, 0.717) is 37.2 Å². The Labute approximate surface area is 180 Å². The first-order valence-corrected chi connectivity index (χ1v) is 14.0. The van der Waals surface area contributed by atoms with Gasteiger partial charge in [-0.1, -0.05) is 31.3 Å². The van der Waals surface area contributed by atoms with Crippen LogP contribution in [0.15, 0.2) is 11.6 Å². The maximum atomic E-state index is 12.5. The molecule has 0 atom stereocenters. The first kappa shape index (κ1) is 24.0. The van der Waals surface area contributed by atoms with Gasteiger partial charge in [-0.25, -0.2) is 4.79 Å². The molecule has 0 N–H and O–H groups in total. The van der Waals surface area contributed by atoms with Crippen molar-refractivity contribution in [1.29, 1.82) is 0 Å². The van der Waals surface area contributed by atoms with Crippen molar-refractivity contribution in [1.82, 2.24) is 0 Å². The summed E-state index contributed by atoms with van der Waals surface area (Å²) in [4.78, 5) is 23.9. The normalized spacial score (nSPS) is 13.7. The topological polar surface area (TPSA) is 71.1 Å². The molecule has 0 aliphatic carbocycles. The van der Waals surface area contributed by atoms with Gasteiger partial charge in [-0.3, -0.25) is 4.79 Å². The summed E-state index contributed by atoms with van der Waals surface area (Å²) in [5.74, 6) is 0.732. The Morgan fingerprint density at radius 1 is 1.17 bits per heavy atom. The number of allylic oxidation sites excluding steroid dienone is 2. The minimum atomic E-state index is -1.29. The number of fused-ring (bicyclic) bond motifs is 1.